The van der Waals surface area contributed by atoms with Gasteiger partial charge in [0.2, 0.25) is 0 Å². The minimum absolute atomic E-state index is 0.527. The van der Waals surface area contributed by atoms with Gasteiger partial charge < -0.3 is 20.3 Å². The predicted molar refractivity (Wildman–Crippen MR) is 49.6 cm³/mol. The lowest BCUT2D eigenvalue weighted by atomic mass is 9.79. The molecule has 6 atom stereocenters. The van der Waals surface area contributed by atoms with Crippen LogP contribution in [0.3, 0.4) is 0 Å². The third kappa shape index (κ3) is 1.77. The summed E-state index contributed by atoms with van der Waals surface area (Å²) in [6, 6.07) is -0.747. The van der Waals surface area contributed by atoms with Gasteiger partial charge in [-0.2, -0.15) is 0 Å². The fourth-order valence-electron chi connectivity index (χ4n) is 2.00. The molecule has 0 aromatic heterocycles. The molecule has 84 valence electrons. The standard InChI is InChI=1S/C9H18FNO3/c1-4-5(10)6(11)8(13-2)9(14-3)7(4)12/h4-9,12H,11H2,1-3H3/t4-,5+,6+,7+,8-,9-/m1/s1. The molecule has 1 aliphatic carbocycles. The number of aliphatic hydroxyl groups excluding tert-OH is 1. The molecule has 0 unspecified atom stereocenters. The van der Waals surface area contributed by atoms with E-state index in [-0.39, 0.29) is 0 Å². The Morgan fingerprint density at radius 2 is 1.71 bits per heavy atom. The fourth-order valence-corrected chi connectivity index (χ4v) is 2.00. The minimum Gasteiger partial charge on any atom is -0.390 e. The number of hydrogen-bond acceptors (Lipinski definition) is 4. The molecule has 0 saturated heterocycles. The van der Waals surface area contributed by atoms with E-state index in [9.17, 15) is 9.50 Å². The van der Waals surface area contributed by atoms with Gasteiger partial charge in [0.15, 0.2) is 0 Å². The highest BCUT2D eigenvalue weighted by Crippen LogP contribution is 2.30. The number of hydrogen-bond donors (Lipinski definition) is 2. The Balaban J connectivity index is 2.84. The van der Waals surface area contributed by atoms with E-state index in [1.54, 1.807) is 6.92 Å². The van der Waals surface area contributed by atoms with Crippen LogP contribution in [0.1, 0.15) is 6.92 Å². The van der Waals surface area contributed by atoms with Crippen LogP contribution in [-0.4, -0.2) is 49.9 Å². The molecule has 4 nitrogen and oxygen atoms in total. The Hall–Kier alpha value is -0.230. The number of alkyl halides is 1. The first-order valence-electron chi connectivity index (χ1n) is 4.68. The number of rotatable bonds is 2. The number of aliphatic hydroxyl groups is 1. The summed E-state index contributed by atoms with van der Waals surface area (Å²) in [6.45, 7) is 1.62. The molecule has 1 fully saturated rings. The molecular formula is C9H18FNO3. The molecular weight excluding hydrogens is 189 g/mol. The summed E-state index contributed by atoms with van der Waals surface area (Å²) in [5, 5.41) is 9.73. The van der Waals surface area contributed by atoms with Gasteiger partial charge in [0.1, 0.15) is 18.4 Å². The molecule has 3 N–H and O–H groups in total. The van der Waals surface area contributed by atoms with Crippen molar-refractivity contribution in [2.75, 3.05) is 14.2 Å². The lowest BCUT2D eigenvalue weighted by molar-refractivity contribution is -0.162. The molecule has 1 saturated carbocycles. The number of nitrogens with two attached hydrogens (primary N) is 1. The number of ether oxygens (including phenoxy) is 2. The molecule has 0 aromatic rings. The SMILES string of the molecule is CO[C@@H]1[C@@H](N)[C@@H](F)[C@@H](C)[C@H](O)[C@H]1OC. The van der Waals surface area contributed by atoms with Crippen molar-refractivity contribution in [3.63, 3.8) is 0 Å². The first-order valence-corrected chi connectivity index (χ1v) is 4.68. The van der Waals surface area contributed by atoms with Gasteiger partial charge in [-0.25, -0.2) is 4.39 Å². The summed E-state index contributed by atoms with van der Waals surface area (Å²) in [4.78, 5) is 0. The first-order chi connectivity index (χ1) is 6.54. The Bertz CT molecular complexity index is 173. The molecule has 5 heteroatoms. The van der Waals surface area contributed by atoms with Crippen LogP contribution in [0.5, 0.6) is 0 Å². The molecule has 0 aliphatic heterocycles. The van der Waals surface area contributed by atoms with Gasteiger partial charge in [0.25, 0.3) is 0 Å². The third-order valence-corrected chi connectivity index (χ3v) is 2.99. The summed E-state index contributed by atoms with van der Waals surface area (Å²) in [5.41, 5.74) is 5.66. The van der Waals surface area contributed by atoms with Crippen LogP contribution in [0, 0.1) is 5.92 Å². The smallest absolute Gasteiger partial charge is 0.123 e. The van der Waals surface area contributed by atoms with Crippen LogP contribution in [0.4, 0.5) is 4.39 Å². The highest BCUT2D eigenvalue weighted by molar-refractivity contribution is 5.00. The van der Waals surface area contributed by atoms with Crippen molar-refractivity contribution in [3.05, 3.63) is 0 Å². The monoisotopic (exact) mass is 207 g/mol. The zero-order valence-corrected chi connectivity index (χ0v) is 8.68. The van der Waals surface area contributed by atoms with Crippen molar-refractivity contribution in [1.82, 2.24) is 0 Å². The normalized spacial score (nSPS) is 49.3. The van der Waals surface area contributed by atoms with Crippen LogP contribution < -0.4 is 5.73 Å². The Kier molecular flexibility index (Phi) is 3.83. The average Bonchev–Trinajstić information content (AvgIpc) is 2.20. The molecule has 0 bridgehead atoms. The van der Waals surface area contributed by atoms with Gasteiger partial charge in [-0.15, -0.1) is 0 Å². The molecule has 0 radical (unpaired) electrons. The van der Waals surface area contributed by atoms with Gasteiger partial charge in [0.05, 0.1) is 12.1 Å². The molecule has 1 aliphatic rings. The second-order valence-electron chi connectivity index (χ2n) is 3.77. The highest BCUT2D eigenvalue weighted by atomic mass is 19.1. The fraction of sp³-hybridized carbons (Fsp3) is 1.00. The predicted octanol–water partition coefficient (Wildman–Crippen LogP) is -0.308. The maximum atomic E-state index is 13.5. The quantitative estimate of drug-likeness (QED) is 0.652. The van der Waals surface area contributed by atoms with Gasteiger partial charge in [0, 0.05) is 20.1 Å². The largest absolute Gasteiger partial charge is 0.390 e. The highest BCUT2D eigenvalue weighted by Gasteiger charge is 2.48. The zero-order chi connectivity index (χ0) is 10.9. The number of methoxy groups -OCH3 is 2. The Labute approximate surface area is 83.2 Å². The van der Waals surface area contributed by atoms with E-state index >= 15 is 0 Å². The summed E-state index contributed by atoms with van der Waals surface area (Å²) in [5.74, 6) is -0.527. The maximum Gasteiger partial charge on any atom is 0.123 e. The zero-order valence-electron chi connectivity index (χ0n) is 8.68. The van der Waals surface area contributed by atoms with E-state index in [2.05, 4.69) is 0 Å². The van der Waals surface area contributed by atoms with Gasteiger partial charge in [-0.3, -0.25) is 0 Å². The first kappa shape index (κ1) is 11.8. The second kappa shape index (κ2) is 4.53. The van der Waals surface area contributed by atoms with E-state index in [0.717, 1.165) is 0 Å². The summed E-state index contributed by atoms with van der Waals surface area (Å²) in [6.07, 6.45) is -3.29. The van der Waals surface area contributed by atoms with E-state index < -0.39 is 36.4 Å². The van der Waals surface area contributed by atoms with E-state index in [4.69, 9.17) is 15.2 Å². The minimum atomic E-state index is -1.26. The Morgan fingerprint density at radius 1 is 1.21 bits per heavy atom. The topological polar surface area (TPSA) is 64.7 Å². The van der Waals surface area contributed by atoms with Gasteiger partial charge in [-0.05, 0) is 0 Å². The van der Waals surface area contributed by atoms with Crippen molar-refractivity contribution in [3.8, 4) is 0 Å². The lowest BCUT2D eigenvalue weighted by Gasteiger charge is -2.43. The van der Waals surface area contributed by atoms with Crippen molar-refractivity contribution in [2.24, 2.45) is 11.7 Å². The van der Waals surface area contributed by atoms with Gasteiger partial charge >= 0.3 is 0 Å². The van der Waals surface area contributed by atoms with Crippen LogP contribution in [0.2, 0.25) is 0 Å². The lowest BCUT2D eigenvalue weighted by Crippen LogP contribution is -2.63. The van der Waals surface area contributed by atoms with Crippen LogP contribution in [-0.2, 0) is 9.47 Å². The van der Waals surface area contributed by atoms with Crippen molar-refractivity contribution >= 4 is 0 Å². The third-order valence-electron chi connectivity index (χ3n) is 2.99. The summed E-state index contributed by atoms with van der Waals surface area (Å²) < 4.78 is 23.7. The van der Waals surface area contributed by atoms with Gasteiger partial charge in [-0.1, -0.05) is 6.92 Å². The van der Waals surface area contributed by atoms with Crippen LogP contribution >= 0.6 is 0 Å². The van der Waals surface area contributed by atoms with E-state index in [0.29, 0.717) is 0 Å². The average molecular weight is 207 g/mol. The molecule has 0 amide bonds. The molecule has 0 spiro atoms. The second-order valence-corrected chi connectivity index (χ2v) is 3.77. The summed E-state index contributed by atoms with van der Waals surface area (Å²) >= 11 is 0. The molecule has 14 heavy (non-hydrogen) atoms. The van der Waals surface area contributed by atoms with Crippen molar-refractivity contribution in [1.29, 1.82) is 0 Å². The van der Waals surface area contributed by atoms with E-state index in [1.807, 2.05) is 0 Å². The van der Waals surface area contributed by atoms with Crippen molar-refractivity contribution < 1.29 is 19.0 Å². The summed E-state index contributed by atoms with van der Waals surface area (Å²) in [7, 11) is 2.89. The maximum absolute atomic E-state index is 13.5. The van der Waals surface area contributed by atoms with E-state index in [1.165, 1.54) is 14.2 Å². The molecule has 1 rings (SSSR count). The Morgan fingerprint density at radius 3 is 2.14 bits per heavy atom. The van der Waals surface area contributed by atoms with Crippen LogP contribution in [0.25, 0.3) is 0 Å². The molecule has 0 aromatic carbocycles. The van der Waals surface area contributed by atoms with Crippen LogP contribution in [0.15, 0.2) is 0 Å². The van der Waals surface area contributed by atoms with Crippen molar-refractivity contribution in [2.45, 2.75) is 37.4 Å². The number of halogens is 1. The molecule has 0 heterocycles.